The van der Waals surface area contributed by atoms with Gasteiger partial charge in [-0.05, 0) is 34.4 Å². The van der Waals surface area contributed by atoms with E-state index in [4.69, 9.17) is 4.74 Å². The highest BCUT2D eigenvalue weighted by Gasteiger charge is 2.16. The Bertz CT molecular complexity index is 642. The zero-order valence-corrected chi connectivity index (χ0v) is 12.4. The summed E-state index contributed by atoms with van der Waals surface area (Å²) < 4.78 is 19.1. The SMILES string of the molecule is OC(Cc1ccc(F)cc1Br)c1ccc2c(c1)COC2. The lowest BCUT2D eigenvalue weighted by molar-refractivity contribution is 0.134. The molecule has 0 spiro atoms. The van der Waals surface area contributed by atoms with Gasteiger partial charge >= 0.3 is 0 Å². The molecule has 0 saturated heterocycles. The molecule has 1 unspecified atom stereocenters. The Kier molecular flexibility index (Phi) is 3.87. The third-order valence-corrected chi connectivity index (χ3v) is 4.30. The fourth-order valence-corrected chi connectivity index (χ4v) is 2.93. The number of aliphatic hydroxyl groups excluding tert-OH is 1. The molecule has 20 heavy (non-hydrogen) atoms. The number of ether oxygens (including phenoxy) is 1. The molecule has 1 aliphatic heterocycles. The van der Waals surface area contributed by atoms with Gasteiger partial charge in [0.25, 0.3) is 0 Å². The summed E-state index contributed by atoms with van der Waals surface area (Å²) in [5.41, 5.74) is 4.07. The molecule has 0 radical (unpaired) electrons. The molecule has 0 fully saturated rings. The van der Waals surface area contributed by atoms with Crippen LogP contribution < -0.4 is 0 Å². The van der Waals surface area contributed by atoms with Crippen molar-refractivity contribution in [2.24, 2.45) is 0 Å². The van der Waals surface area contributed by atoms with Crippen molar-refractivity contribution in [1.82, 2.24) is 0 Å². The van der Waals surface area contributed by atoms with E-state index < -0.39 is 6.10 Å². The van der Waals surface area contributed by atoms with Crippen molar-refractivity contribution in [1.29, 1.82) is 0 Å². The van der Waals surface area contributed by atoms with Gasteiger partial charge in [-0.2, -0.15) is 0 Å². The molecule has 0 saturated carbocycles. The van der Waals surface area contributed by atoms with Gasteiger partial charge in [-0.3, -0.25) is 0 Å². The fraction of sp³-hybridized carbons (Fsp3) is 0.250. The third kappa shape index (κ3) is 2.77. The Morgan fingerprint density at radius 1 is 1.15 bits per heavy atom. The van der Waals surface area contributed by atoms with Gasteiger partial charge in [-0.15, -0.1) is 0 Å². The molecule has 1 N–H and O–H groups in total. The molecule has 2 aromatic rings. The Labute approximate surface area is 125 Å². The van der Waals surface area contributed by atoms with Gasteiger partial charge in [0.2, 0.25) is 0 Å². The lowest BCUT2D eigenvalue weighted by Crippen LogP contribution is -2.03. The average molecular weight is 337 g/mol. The van der Waals surface area contributed by atoms with Gasteiger partial charge in [0, 0.05) is 10.9 Å². The van der Waals surface area contributed by atoms with Crippen LogP contribution in [0, 0.1) is 5.82 Å². The smallest absolute Gasteiger partial charge is 0.124 e. The summed E-state index contributed by atoms with van der Waals surface area (Å²) in [5.74, 6) is -0.287. The maximum Gasteiger partial charge on any atom is 0.124 e. The number of benzene rings is 2. The first kappa shape index (κ1) is 13.7. The molecule has 0 aliphatic carbocycles. The van der Waals surface area contributed by atoms with Gasteiger partial charge in [-0.1, -0.05) is 40.2 Å². The number of fused-ring (bicyclic) bond motifs is 1. The third-order valence-electron chi connectivity index (χ3n) is 3.56. The molecule has 2 aromatic carbocycles. The summed E-state index contributed by atoms with van der Waals surface area (Å²) in [4.78, 5) is 0. The van der Waals surface area contributed by atoms with Gasteiger partial charge in [0.15, 0.2) is 0 Å². The molecule has 0 amide bonds. The van der Waals surface area contributed by atoms with Crippen molar-refractivity contribution >= 4 is 15.9 Å². The van der Waals surface area contributed by atoms with Crippen molar-refractivity contribution in [3.63, 3.8) is 0 Å². The Hall–Kier alpha value is -1.23. The van der Waals surface area contributed by atoms with Crippen LogP contribution in [0.25, 0.3) is 0 Å². The molecular formula is C16H14BrFO2. The molecule has 0 bridgehead atoms. The van der Waals surface area contributed by atoms with E-state index in [1.54, 1.807) is 6.07 Å². The summed E-state index contributed by atoms with van der Waals surface area (Å²) in [5, 5.41) is 10.3. The van der Waals surface area contributed by atoms with E-state index in [0.29, 0.717) is 24.1 Å². The largest absolute Gasteiger partial charge is 0.388 e. The monoisotopic (exact) mass is 336 g/mol. The van der Waals surface area contributed by atoms with Crippen molar-refractivity contribution in [3.05, 3.63) is 68.9 Å². The lowest BCUT2D eigenvalue weighted by atomic mass is 9.98. The van der Waals surface area contributed by atoms with Crippen LogP contribution in [0.2, 0.25) is 0 Å². The molecule has 3 rings (SSSR count). The highest BCUT2D eigenvalue weighted by Crippen LogP contribution is 2.28. The van der Waals surface area contributed by atoms with E-state index in [1.165, 1.54) is 17.7 Å². The molecule has 104 valence electrons. The number of aliphatic hydroxyl groups is 1. The maximum absolute atomic E-state index is 13.1. The van der Waals surface area contributed by atoms with Crippen LogP contribution in [0.3, 0.4) is 0 Å². The predicted octanol–water partition coefficient (Wildman–Crippen LogP) is 3.89. The predicted molar refractivity (Wildman–Crippen MR) is 77.7 cm³/mol. The topological polar surface area (TPSA) is 29.5 Å². The number of halogens is 2. The molecule has 1 aliphatic rings. The number of rotatable bonds is 3. The van der Waals surface area contributed by atoms with E-state index in [9.17, 15) is 9.50 Å². The zero-order chi connectivity index (χ0) is 14.1. The molecule has 1 atom stereocenters. The summed E-state index contributed by atoms with van der Waals surface area (Å²) >= 11 is 3.33. The van der Waals surface area contributed by atoms with Crippen molar-refractivity contribution in [2.45, 2.75) is 25.7 Å². The molecule has 4 heteroatoms. The number of hydrogen-bond acceptors (Lipinski definition) is 2. The van der Waals surface area contributed by atoms with E-state index in [0.717, 1.165) is 16.7 Å². The Balaban J connectivity index is 1.80. The first-order valence-corrected chi connectivity index (χ1v) is 7.24. The van der Waals surface area contributed by atoms with E-state index in [1.807, 2.05) is 18.2 Å². The zero-order valence-electron chi connectivity index (χ0n) is 10.8. The van der Waals surface area contributed by atoms with E-state index in [2.05, 4.69) is 15.9 Å². The lowest BCUT2D eigenvalue weighted by Gasteiger charge is -2.13. The summed E-state index contributed by atoms with van der Waals surface area (Å²) in [6.07, 6.45) is -0.164. The van der Waals surface area contributed by atoms with Crippen LogP contribution >= 0.6 is 15.9 Å². The molecular weight excluding hydrogens is 323 g/mol. The number of hydrogen-bond donors (Lipinski definition) is 1. The maximum atomic E-state index is 13.1. The van der Waals surface area contributed by atoms with Crippen molar-refractivity contribution in [3.8, 4) is 0 Å². The second kappa shape index (κ2) is 5.64. The van der Waals surface area contributed by atoms with Crippen LogP contribution in [0.4, 0.5) is 4.39 Å². The standard InChI is InChI=1S/C16H14BrFO2/c17-15-7-14(18)4-3-10(15)6-16(19)11-1-2-12-8-20-9-13(12)5-11/h1-5,7,16,19H,6,8-9H2. The minimum absolute atomic E-state index is 0.287. The van der Waals surface area contributed by atoms with Gasteiger partial charge in [0.1, 0.15) is 5.82 Å². The first-order valence-electron chi connectivity index (χ1n) is 6.45. The summed E-state index contributed by atoms with van der Waals surface area (Å²) in [6, 6.07) is 10.4. The average Bonchev–Trinajstić information content (AvgIpc) is 2.89. The Morgan fingerprint density at radius 3 is 2.75 bits per heavy atom. The van der Waals surface area contributed by atoms with E-state index in [-0.39, 0.29) is 5.82 Å². The first-order chi connectivity index (χ1) is 9.63. The van der Waals surface area contributed by atoms with Crippen LogP contribution in [-0.2, 0) is 24.4 Å². The normalized spacial score (nSPS) is 15.2. The Morgan fingerprint density at radius 2 is 1.95 bits per heavy atom. The summed E-state index contributed by atoms with van der Waals surface area (Å²) in [7, 11) is 0. The van der Waals surface area contributed by atoms with Crippen LogP contribution in [0.1, 0.15) is 28.4 Å². The van der Waals surface area contributed by atoms with Gasteiger partial charge in [0.05, 0.1) is 19.3 Å². The van der Waals surface area contributed by atoms with Crippen LogP contribution in [0.15, 0.2) is 40.9 Å². The highest BCUT2D eigenvalue weighted by atomic mass is 79.9. The van der Waals surface area contributed by atoms with E-state index >= 15 is 0 Å². The minimum Gasteiger partial charge on any atom is -0.388 e. The molecule has 0 aromatic heterocycles. The summed E-state index contributed by atoms with van der Waals surface area (Å²) in [6.45, 7) is 1.26. The fourth-order valence-electron chi connectivity index (χ4n) is 2.41. The van der Waals surface area contributed by atoms with Crippen LogP contribution in [0.5, 0.6) is 0 Å². The van der Waals surface area contributed by atoms with Gasteiger partial charge < -0.3 is 9.84 Å². The van der Waals surface area contributed by atoms with Crippen molar-refractivity contribution < 1.29 is 14.2 Å². The minimum atomic E-state index is -0.609. The van der Waals surface area contributed by atoms with Gasteiger partial charge in [-0.25, -0.2) is 4.39 Å². The highest BCUT2D eigenvalue weighted by molar-refractivity contribution is 9.10. The second-order valence-corrected chi connectivity index (χ2v) is 5.83. The van der Waals surface area contributed by atoms with Crippen molar-refractivity contribution in [2.75, 3.05) is 0 Å². The molecule has 2 nitrogen and oxygen atoms in total. The molecule has 1 heterocycles. The second-order valence-electron chi connectivity index (χ2n) is 4.98. The van der Waals surface area contributed by atoms with Crippen LogP contribution in [-0.4, -0.2) is 5.11 Å². The quantitative estimate of drug-likeness (QED) is 0.921.